The Labute approximate surface area is 414 Å². The summed E-state index contributed by atoms with van der Waals surface area (Å²) in [5, 5.41) is 20.7. The Morgan fingerprint density at radius 2 is 0.786 bits per heavy atom. The molecule has 12 heteroatoms. The molecule has 0 bridgehead atoms. The molecule has 2 aliphatic carbocycles. The lowest BCUT2D eigenvalue weighted by Gasteiger charge is -2.33. The second-order valence-corrected chi connectivity index (χ2v) is 22.0. The number of aliphatic hydroxyl groups excluding tert-OH is 2. The highest BCUT2D eigenvalue weighted by Crippen LogP contribution is 2.68. The van der Waals surface area contributed by atoms with Gasteiger partial charge in [-0.15, -0.1) is 0 Å². The Morgan fingerprint density at radius 3 is 1.13 bits per heavy atom. The van der Waals surface area contributed by atoms with E-state index in [0.29, 0.717) is 11.1 Å². The van der Waals surface area contributed by atoms with Crippen molar-refractivity contribution in [1.29, 1.82) is 0 Å². The number of fused-ring (bicyclic) bond motifs is 10. The van der Waals surface area contributed by atoms with Crippen molar-refractivity contribution in [2.45, 2.75) is 59.3 Å². The molecule has 0 radical (unpaired) electrons. The minimum absolute atomic E-state index is 0.196. The van der Waals surface area contributed by atoms with Gasteiger partial charge in [0, 0.05) is 20.9 Å². The van der Waals surface area contributed by atoms with E-state index in [-0.39, 0.29) is 47.5 Å². The van der Waals surface area contributed by atoms with Crippen LogP contribution in [-0.2, 0) is 32.0 Å². The lowest BCUT2D eigenvalue weighted by atomic mass is 9.74. The first-order chi connectivity index (χ1) is 33.9. The number of ketones is 6. The van der Waals surface area contributed by atoms with Crippen molar-refractivity contribution >= 4 is 69.6 Å². The Hall–Kier alpha value is -6.44. The maximum atomic E-state index is 14.3. The Kier molecular flexibility index (Phi) is 11.3. The predicted molar refractivity (Wildman–Crippen MR) is 269 cm³/mol. The first-order valence-electron chi connectivity index (χ1n) is 23.6. The topological polar surface area (TPSA) is 149 Å². The van der Waals surface area contributed by atoms with Crippen LogP contribution in [-0.4, -0.2) is 81.0 Å². The zero-order valence-electron chi connectivity index (χ0n) is 38.5. The summed E-state index contributed by atoms with van der Waals surface area (Å²) in [7, 11) is 0. The van der Waals surface area contributed by atoms with E-state index in [0.717, 1.165) is 32.3 Å². The average molecular weight is 967 g/mol. The smallest absolute Gasteiger partial charge is 0.186 e. The lowest BCUT2D eigenvalue weighted by Crippen LogP contribution is -2.48. The van der Waals surface area contributed by atoms with Gasteiger partial charge >= 0.3 is 0 Å². The highest BCUT2D eigenvalue weighted by molar-refractivity contribution is 8.01. The summed E-state index contributed by atoms with van der Waals surface area (Å²) in [6.07, 6.45) is 0.501. The molecule has 6 aliphatic rings. The van der Waals surface area contributed by atoms with Crippen LogP contribution in [0, 0.1) is 33.5 Å². The van der Waals surface area contributed by atoms with E-state index in [1.165, 1.54) is 23.5 Å². The van der Waals surface area contributed by atoms with Crippen LogP contribution in [0.4, 0.5) is 11.4 Å². The molecule has 0 amide bonds. The third kappa shape index (κ3) is 6.42. The molecule has 0 spiro atoms. The monoisotopic (exact) mass is 966 g/mol. The van der Waals surface area contributed by atoms with Gasteiger partial charge in [0.1, 0.15) is 12.1 Å². The molecule has 0 aromatic heterocycles. The average Bonchev–Trinajstić information content (AvgIpc) is 4.18. The standard InChI is InChI=1S/2C29H25NO4S/c2*1-28(16-18-10-4-2-5-11-18)25(33)22-23(24(32)19-12-6-3-7-13-19)30-20-14-8-9-15-21(20)35-27(30)29(22,17-31)26(28)34/h2*2-15,22-23,27,31H,16-17H2,1H3/t2*22-,23-,27+,28-,29-/m00/s1. The van der Waals surface area contributed by atoms with Crippen molar-refractivity contribution in [1.82, 2.24) is 0 Å². The number of benzene rings is 6. The SMILES string of the molecule is C[C@]1(Cc2ccccc2)C(=O)[C@@H]2[C@@H](C(=O)c3ccccc3)N3c4ccccc4S[C@@H]3[C@]2(CO)C1=O.C[C@]1(Cc2ccccc2)C(=O)[C@@H]2[C@@H](C(=O)c3ccccc3)N3c4ccccc4S[C@@H]3[C@]2(CO)C1=O. The van der Waals surface area contributed by atoms with Crippen molar-refractivity contribution in [2.75, 3.05) is 23.0 Å². The summed E-state index contributed by atoms with van der Waals surface area (Å²) in [6, 6.07) is 50.5. The van der Waals surface area contributed by atoms with E-state index < -0.39 is 69.5 Å². The van der Waals surface area contributed by atoms with Gasteiger partial charge in [-0.1, -0.05) is 169 Å². The molecule has 2 saturated carbocycles. The van der Waals surface area contributed by atoms with Gasteiger partial charge in [-0.25, -0.2) is 0 Å². The van der Waals surface area contributed by atoms with Gasteiger partial charge in [-0.2, -0.15) is 0 Å². The molecule has 4 fully saturated rings. The van der Waals surface area contributed by atoms with E-state index in [1.807, 2.05) is 131 Å². The first-order valence-corrected chi connectivity index (χ1v) is 25.4. The Morgan fingerprint density at radius 1 is 0.471 bits per heavy atom. The van der Waals surface area contributed by atoms with Gasteiger partial charge in [0.15, 0.2) is 34.7 Å². The summed E-state index contributed by atoms with van der Waals surface area (Å²) in [4.78, 5) is 91.0. The Bertz CT molecular complexity index is 2890. The summed E-state index contributed by atoms with van der Waals surface area (Å²) in [6.45, 7) is 2.43. The molecular weight excluding hydrogens is 917 g/mol. The number of carbonyl (C=O) groups is 6. The number of aliphatic hydroxyl groups is 2. The largest absolute Gasteiger partial charge is 0.395 e. The van der Waals surface area contributed by atoms with E-state index >= 15 is 0 Å². The molecule has 12 rings (SSSR count). The first kappa shape index (κ1) is 46.0. The normalized spacial score (nSPS) is 30.8. The van der Waals surface area contributed by atoms with Crippen molar-refractivity contribution in [3.05, 3.63) is 192 Å². The second-order valence-electron chi connectivity index (χ2n) is 19.8. The minimum atomic E-state index is -1.36. The number of thioether (sulfide) groups is 2. The molecule has 4 aliphatic heterocycles. The van der Waals surface area contributed by atoms with Crippen molar-refractivity contribution in [2.24, 2.45) is 33.5 Å². The zero-order chi connectivity index (χ0) is 48.7. The summed E-state index contributed by atoms with van der Waals surface area (Å²) in [5.41, 5.74) is -0.915. The molecule has 6 aromatic rings. The quantitative estimate of drug-likeness (QED) is 0.100. The van der Waals surface area contributed by atoms with Crippen LogP contribution in [0.2, 0.25) is 0 Å². The van der Waals surface area contributed by atoms with Crippen LogP contribution in [0.3, 0.4) is 0 Å². The third-order valence-electron chi connectivity index (χ3n) is 16.0. The third-order valence-corrected chi connectivity index (χ3v) is 18.9. The van der Waals surface area contributed by atoms with Gasteiger partial charge in [0.2, 0.25) is 0 Å². The van der Waals surface area contributed by atoms with Crippen LogP contribution in [0.25, 0.3) is 0 Å². The number of Topliss-reactive ketones (excluding diaryl/α,β-unsaturated/α-hetero) is 6. The van der Waals surface area contributed by atoms with Crippen LogP contribution in [0.1, 0.15) is 45.7 Å². The van der Waals surface area contributed by atoms with E-state index in [4.69, 9.17) is 0 Å². The van der Waals surface area contributed by atoms with E-state index in [1.54, 1.807) is 62.4 Å². The molecular formula is C58H50N2O8S2. The van der Waals surface area contributed by atoms with Gasteiger partial charge in [-0.3, -0.25) is 28.8 Å². The number of carbonyl (C=O) groups excluding carboxylic acids is 6. The van der Waals surface area contributed by atoms with E-state index in [2.05, 4.69) is 0 Å². The Balaban J connectivity index is 0.000000152. The summed E-state index contributed by atoms with van der Waals surface area (Å²) in [5.74, 6) is -3.25. The van der Waals surface area contributed by atoms with Crippen LogP contribution < -0.4 is 9.80 Å². The highest BCUT2D eigenvalue weighted by Gasteiger charge is 2.79. The fourth-order valence-electron chi connectivity index (χ4n) is 12.8. The van der Waals surface area contributed by atoms with Crippen LogP contribution in [0.15, 0.2) is 180 Å². The minimum Gasteiger partial charge on any atom is -0.395 e. The predicted octanol–water partition coefficient (Wildman–Crippen LogP) is 8.37. The second kappa shape index (κ2) is 17.2. The number of para-hydroxylation sites is 2. The molecule has 0 unspecified atom stereocenters. The molecule has 352 valence electrons. The van der Waals surface area contributed by atoms with Crippen molar-refractivity contribution in [3.63, 3.8) is 0 Å². The molecule has 10 atom stereocenters. The molecule has 2 N–H and O–H groups in total. The fraction of sp³-hybridized carbons (Fsp3) is 0.276. The molecule has 2 saturated heterocycles. The lowest BCUT2D eigenvalue weighted by molar-refractivity contribution is -0.139. The maximum Gasteiger partial charge on any atom is 0.186 e. The van der Waals surface area contributed by atoms with Crippen LogP contribution >= 0.6 is 23.5 Å². The number of rotatable bonds is 10. The number of hydrogen-bond acceptors (Lipinski definition) is 12. The fourth-order valence-corrected chi connectivity index (χ4v) is 16.0. The number of hydrogen-bond donors (Lipinski definition) is 2. The molecule has 4 heterocycles. The van der Waals surface area contributed by atoms with Crippen LogP contribution in [0.5, 0.6) is 0 Å². The van der Waals surface area contributed by atoms with Crippen molar-refractivity contribution < 1.29 is 39.0 Å². The van der Waals surface area contributed by atoms with E-state index in [9.17, 15) is 39.0 Å². The highest BCUT2D eigenvalue weighted by atomic mass is 32.2. The molecule has 70 heavy (non-hydrogen) atoms. The van der Waals surface area contributed by atoms with Gasteiger partial charge < -0.3 is 20.0 Å². The molecule has 10 nitrogen and oxygen atoms in total. The van der Waals surface area contributed by atoms with Gasteiger partial charge in [0.05, 0.1) is 68.8 Å². The van der Waals surface area contributed by atoms with Gasteiger partial charge in [0.25, 0.3) is 0 Å². The zero-order valence-corrected chi connectivity index (χ0v) is 40.1. The summed E-state index contributed by atoms with van der Waals surface area (Å²) < 4.78 is 0. The summed E-state index contributed by atoms with van der Waals surface area (Å²) >= 11 is 2.95. The van der Waals surface area contributed by atoms with Crippen molar-refractivity contribution in [3.8, 4) is 0 Å². The number of anilines is 2. The maximum absolute atomic E-state index is 14.3. The van der Waals surface area contributed by atoms with Gasteiger partial charge in [-0.05, 0) is 62.1 Å². The molecule has 6 aromatic carbocycles. The number of nitrogens with zero attached hydrogens (tertiary/aromatic N) is 2.